The Morgan fingerprint density at radius 3 is 1.70 bits per heavy atom. The van der Waals surface area contributed by atoms with Crippen molar-refractivity contribution in [3.05, 3.63) is 23.8 Å². The Labute approximate surface area is 270 Å². The van der Waals surface area contributed by atoms with Crippen LogP contribution in [-0.4, -0.2) is 12.2 Å². The molecule has 4 unspecified atom stereocenters. The molecule has 0 N–H and O–H groups in total. The molecule has 2 nitrogen and oxygen atoms in total. The third-order valence-corrected chi connectivity index (χ3v) is 12.7. The normalized spacial score (nSPS) is 24.7. The summed E-state index contributed by atoms with van der Waals surface area (Å²) in [6.07, 6.45) is 18.7. The highest BCUT2D eigenvalue weighted by atomic mass is 17.2. The van der Waals surface area contributed by atoms with E-state index in [1.165, 1.54) is 18.4 Å². The van der Waals surface area contributed by atoms with Crippen molar-refractivity contribution in [1.82, 2.24) is 0 Å². The van der Waals surface area contributed by atoms with Crippen LogP contribution in [0.1, 0.15) is 164 Å². The van der Waals surface area contributed by atoms with E-state index in [-0.39, 0.29) is 49.2 Å². The van der Waals surface area contributed by atoms with Crippen LogP contribution < -0.4 is 0 Å². The van der Waals surface area contributed by atoms with Gasteiger partial charge in [-0.15, -0.1) is 12.3 Å². The van der Waals surface area contributed by atoms with E-state index in [4.69, 9.17) is 16.2 Å². The molecule has 0 heterocycles. The van der Waals surface area contributed by atoms with Gasteiger partial charge >= 0.3 is 0 Å². The smallest absolute Gasteiger partial charge is 0.120 e. The van der Waals surface area contributed by atoms with Gasteiger partial charge in [-0.3, -0.25) is 0 Å². The van der Waals surface area contributed by atoms with E-state index in [0.717, 1.165) is 19.3 Å². The van der Waals surface area contributed by atoms with Crippen molar-refractivity contribution in [3.8, 4) is 12.3 Å². The molecule has 0 radical (unpaired) electrons. The fraction of sp³-hybridized carbons (Fsp3) is 0.854. The zero-order valence-electron chi connectivity index (χ0n) is 32.4. The summed E-state index contributed by atoms with van der Waals surface area (Å²) in [7, 11) is 0. The van der Waals surface area contributed by atoms with E-state index in [0.29, 0.717) is 6.61 Å². The first kappa shape index (κ1) is 40.0. The minimum Gasteiger partial charge on any atom is -0.236 e. The van der Waals surface area contributed by atoms with Gasteiger partial charge < -0.3 is 0 Å². The highest BCUT2D eigenvalue weighted by Gasteiger charge is 2.50. The van der Waals surface area contributed by atoms with E-state index in [2.05, 4.69) is 156 Å². The number of hydrogen-bond acceptors (Lipinski definition) is 2. The first-order valence-corrected chi connectivity index (χ1v) is 17.1. The summed E-state index contributed by atoms with van der Waals surface area (Å²) in [5.41, 5.74) is 1.45. The SMILES string of the molecule is C#CC(CCCOOC(C)(C)C1=CC(C)(C(C)(C)C)C=CC1(C)C(C)(C)C)CC(C)(CCC(C)(C)C(C)(C)C)C(C)(C)C. The third kappa shape index (κ3) is 9.26. The first-order valence-electron chi connectivity index (χ1n) is 17.1. The van der Waals surface area contributed by atoms with Gasteiger partial charge in [0, 0.05) is 16.7 Å². The van der Waals surface area contributed by atoms with Crippen LogP contribution in [0.25, 0.3) is 0 Å². The molecule has 0 saturated carbocycles. The van der Waals surface area contributed by atoms with Crippen molar-refractivity contribution < 1.29 is 9.78 Å². The predicted octanol–water partition coefficient (Wildman–Crippen LogP) is 12.6. The summed E-state index contributed by atoms with van der Waals surface area (Å²) < 4.78 is 0. The summed E-state index contributed by atoms with van der Waals surface area (Å²) in [4.78, 5) is 12.3. The van der Waals surface area contributed by atoms with Crippen molar-refractivity contribution in [2.75, 3.05) is 6.61 Å². The molecule has 4 atom stereocenters. The van der Waals surface area contributed by atoms with Gasteiger partial charge in [-0.05, 0) is 84.0 Å². The predicted molar refractivity (Wildman–Crippen MR) is 190 cm³/mol. The summed E-state index contributed by atoms with van der Waals surface area (Å²) in [6.45, 7) is 45.0. The molecule has 0 aliphatic heterocycles. The Kier molecular flexibility index (Phi) is 12.1. The van der Waals surface area contributed by atoms with Crippen LogP contribution in [0.2, 0.25) is 0 Å². The summed E-state index contributed by atoms with van der Waals surface area (Å²) >= 11 is 0. The quantitative estimate of drug-likeness (QED) is 0.0731. The summed E-state index contributed by atoms with van der Waals surface area (Å²) in [5, 5.41) is 0. The molecule has 0 bridgehead atoms. The van der Waals surface area contributed by atoms with Gasteiger partial charge in [0.1, 0.15) is 5.60 Å². The lowest BCUT2D eigenvalue weighted by molar-refractivity contribution is -0.346. The zero-order valence-corrected chi connectivity index (χ0v) is 32.4. The van der Waals surface area contributed by atoms with Gasteiger partial charge in [0.15, 0.2) is 0 Å². The van der Waals surface area contributed by atoms with Crippen molar-refractivity contribution in [2.24, 2.45) is 49.2 Å². The third-order valence-electron chi connectivity index (χ3n) is 12.7. The lowest BCUT2D eigenvalue weighted by Crippen LogP contribution is -2.47. The molecular formula is C41H74O2. The molecule has 0 saturated heterocycles. The molecule has 0 aromatic carbocycles. The number of terminal acetylenes is 1. The van der Waals surface area contributed by atoms with E-state index in [1.54, 1.807) is 0 Å². The molecule has 0 aromatic heterocycles. The van der Waals surface area contributed by atoms with Crippen LogP contribution >= 0.6 is 0 Å². The Bertz CT molecular complexity index is 1020. The van der Waals surface area contributed by atoms with Gasteiger partial charge in [-0.1, -0.05) is 136 Å². The molecule has 1 aliphatic carbocycles. The molecule has 43 heavy (non-hydrogen) atoms. The van der Waals surface area contributed by atoms with Crippen molar-refractivity contribution >= 4 is 0 Å². The van der Waals surface area contributed by atoms with Crippen LogP contribution in [-0.2, 0) is 9.78 Å². The highest BCUT2D eigenvalue weighted by Crippen LogP contribution is 2.57. The summed E-state index contributed by atoms with van der Waals surface area (Å²) in [6, 6.07) is 0. The van der Waals surface area contributed by atoms with Crippen LogP contribution in [0.15, 0.2) is 23.8 Å². The van der Waals surface area contributed by atoms with Gasteiger partial charge in [0.2, 0.25) is 0 Å². The minimum atomic E-state index is -0.574. The van der Waals surface area contributed by atoms with Gasteiger partial charge in [-0.2, -0.15) is 0 Å². The molecule has 0 fully saturated rings. The van der Waals surface area contributed by atoms with Crippen molar-refractivity contribution in [3.63, 3.8) is 0 Å². The van der Waals surface area contributed by atoms with Crippen molar-refractivity contribution in [1.29, 1.82) is 0 Å². The molecule has 0 aromatic rings. The number of rotatable bonds is 12. The van der Waals surface area contributed by atoms with Crippen LogP contribution in [0.5, 0.6) is 0 Å². The molecular weight excluding hydrogens is 524 g/mol. The van der Waals surface area contributed by atoms with Gasteiger partial charge in [0.25, 0.3) is 0 Å². The van der Waals surface area contributed by atoms with Crippen molar-refractivity contribution in [2.45, 2.75) is 169 Å². The molecule has 250 valence electrons. The van der Waals surface area contributed by atoms with E-state index >= 15 is 0 Å². The molecule has 1 rings (SSSR count). The Hall–Kier alpha value is -1.04. The number of hydrogen-bond donors (Lipinski definition) is 0. The second kappa shape index (κ2) is 13.0. The van der Waals surface area contributed by atoms with Crippen LogP contribution in [0.3, 0.4) is 0 Å². The molecule has 2 heteroatoms. The highest BCUT2D eigenvalue weighted by molar-refractivity contribution is 5.39. The monoisotopic (exact) mass is 599 g/mol. The fourth-order valence-corrected chi connectivity index (χ4v) is 6.00. The van der Waals surface area contributed by atoms with E-state index in [1.807, 2.05) is 0 Å². The maximum Gasteiger partial charge on any atom is 0.120 e. The maximum absolute atomic E-state index is 6.29. The van der Waals surface area contributed by atoms with E-state index in [9.17, 15) is 0 Å². The average molecular weight is 599 g/mol. The minimum absolute atomic E-state index is 0.0248. The topological polar surface area (TPSA) is 18.5 Å². The molecule has 0 amide bonds. The molecule has 0 spiro atoms. The van der Waals surface area contributed by atoms with Gasteiger partial charge in [0.05, 0.1) is 6.61 Å². The fourth-order valence-electron chi connectivity index (χ4n) is 6.00. The standard InChI is InChI=1S/C41H74O2/c1-21-31(29-39(18,34(5,6)7)25-24-37(14,15)33(2,3)4)23-22-28-42-43-38(16,17)32-30-40(19,35(8,9)10)26-27-41(32,20)36(11,12)13/h1,26-27,30-31H,22-25,28-29H2,2-20H3. The van der Waals surface area contributed by atoms with E-state index < -0.39 is 5.60 Å². The Balaban J connectivity index is 2.98. The lowest BCUT2D eigenvalue weighted by Gasteiger charge is -2.52. The number of allylic oxidation sites excluding steroid dienone is 3. The van der Waals surface area contributed by atoms with Crippen LogP contribution in [0.4, 0.5) is 0 Å². The lowest BCUT2D eigenvalue weighted by atomic mass is 9.53. The molecule has 1 aliphatic rings. The Morgan fingerprint density at radius 2 is 1.28 bits per heavy atom. The van der Waals surface area contributed by atoms with Crippen LogP contribution in [0, 0.1) is 61.6 Å². The average Bonchev–Trinajstić information content (AvgIpc) is 2.80. The largest absolute Gasteiger partial charge is 0.236 e. The second-order valence-electron chi connectivity index (χ2n) is 19.9. The maximum atomic E-state index is 6.29. The summed E-state index contributed by atoms with van der Waals surface area (Å²) in [5.74, 6) is 3.38. The second-order valence-corrected chi connectivity index (χ2v) is 19.9. The Morgan fingerprint density at radius 1 is 0.744 bits per heavy atom. The first-order chi connectivity index (χ1) is 18.9. The zero-order chi connectivity index (χ0) is 34.1. The van der Waals surface area contributed by atoms with Gasteiger partial charge in [-0.25, -0.2) is 9.78 Å².